The lowest BCUT2D eigenvalue weighted by atomic mass is 10.1. The molecule has 1 aliphatic rings. The maximum Gasteiger partial charge on any atom is 0.251 e. The van der Waals surface area contributed by atoms with E-state index in [1.807, 2.05) is 0 Å². The van der Waals surface area contributed by atoms with Crippen LogP contribution in [0.5, 0.6) is 5.75 Å². The van der Waals surface area contributed by atoms with Crippen LogP contribution in [0.2, 0.25) is 0 Å². The van der Waals surface area contributed by atoms with Crippen molar-refractivity contribution in [2.75, 3.05) is 32.2 Å². The van der Waals surface area contributed by atoms with E-state index >= 15 is 0 Å². The molecular weight excluding hydrogens is 306 g/mol. The molecular formula is C14H21N3O4S. The number of sulfonamides is 1. The molecule has 0 aromatic heterocycles. The quantitative estimate of drug-likeness (QED) is 0.781. The molecule has 0 bridgehead atoms. The Balaban J connectivity index is 1.96. The van der Waals surface area contributed by atoms with Gasteiger partial charge in [-0.3, -0.25) is 4.79 Å². The summed E-state index contributed by atoms with van der Waals surface area (Å²) in [6.45, 7) is 0.851. The Kier molecular flexibility index (Phi) is 4.92. The number of rotatable bonds is 4. The number of hydrogen-bond acceptors (Lipinski definition) is 5. The lowest BCUT2D eigenvalue weighted by Gasteiger charge is -2.30. The van der Waals surface area contributed by atoms with Crippen LogP contribution < -0.4 is 15.8 Å². The van der Waals surface area contributed by atoms with Crippen molar-refractivity contribution in [2.24, 2.45) is 0 Å². The summed E-state index contributed by atoms with van der Waals surface area (Å²) in [6, 6.07) is 4.82. The molecule has 1 aromatic carbocycles. The molecule has 2 rings (SSSR count). The Morgan fingerprint density at radius 2 is 2.00 bits per heavy atom. The third kappa shape index (κ3) is 3.89. The molecule has 0 radical (unpaired) electrons. The molecule has 1 aromatic rings. The molecule has 0 unspecified atom stereocenters. The molecule has 0 spiro atoms. The highest BCUT2D eigenvalue weighted by molar-refractivity contribution is 7.88. The fourth-order valence-corrected chi connectivity index (χ4v) is 3.33. The highest BCUT2D eigenvalue weighted by atomic mass is 32.2. The molecule has 1 amide bonds. The highest BCUT2D eigenvalue weighted by Crippen LogP contribution is 2.22. The number of amides is 1. The minimum Gasteiger partial charge on any atom is -0.495 e. The first-order chi connectivity index (χ1) is 10.3. The topological polar surface area (TPSA) is 102 Å². The van der Waals surface area contributed by atoms with Gasteiger partial charge in [-0.15, -0.1) is 0 Å². The van der Waals surface area contributed by atoms with Gasteiger partial charge in [0.25, 0.3) is 5.91 Å². The average Bonchev–Trinajstić information content (AvgIpc) is 2.47. The number of ether oxygens (including phenoxy) is 1. The van der Waals surface area contributed by atoms with Gasteiger partial charge in [-0.25, -0.2) is 12.7 Å². The van der Waals surface area contributed by atoms with Crippen LogP contribution in [0, 0.1) is 0 Å². The van der Waals surface area contributed by atoms with Crippen LogP contribution in [0.25, 0.3) is 0 Å². The summed E-state index contributed by atoms with van der Waals surface area (Å²) in [4.78, 5) is 12.2. The number of nitrogens with zero attached hydrogens (tertiary/aromatic N) is 1. The van der Waals surface area contributed by atoms with Gasteiger partial charge in [0.15, 0.2) is 0 Å². The van der Waals surface area contributed by atoms with E-state index in [0.717, 1.165) is 0 Å². The van der Waals surface area contributed by atoms with Gasteiger partial charge in [0.2, 0.25) is 10.0 Å². The van der Waals surface area contributed by atoms with Crippen molar-refractivity contribution in [3.63, 3.8) is 0 Å². The van der Waals surface area contributed by atoms with Crippen molar-refractivity contribution in [3.05, 3.63) is 23.8 Å². The summed E-state index contributed by atoms with van der Waals surface area (Å²) in [5, 5.41) is 2.92. The van der Waals surface area contributed by atoms with Crippen LogP contribution in [0.15, 0.2) is 18.2 Å². The Hall–Kier alpha value is -1.80. The first-order valence-electron chi connectivity index (χ1n) is 7.00. The lowest BCUT2D eigenvalue weighted by molar-refractivity contribution is 0.0923. The average molecular weight is 327 g/mol. The third-order valence-electron chi connectivity index (χ3n) is 3.75. The van der Waals surface area contributed by atoms with Gasteiger partial charge >= 0.3 is 0 Å². The lowest BCUT2D eigenvalue weighted by Crippen LogP contribution is -2.46. The maximum atomic E-state index is 12.2. The second-order valence-electron chi connectivity index (χ2n) is 5.37. The Morgan fingerprint density at radius 1 is 1.36 bits per heavy atom. The third-order valence-corrected chi connectivity index (χ3v) is 5.06. The van der Waals surface area contributed by atoms with Crippen LogP contribution in [-0.4, -0.2) is 51.1 Å². The number of benzene rings is 1. The number of carbonyl (C=O) groups is 1. The number of carbonyl (C=O) groups excluding carboxylic acids is 1. The van der Waals surface area contributed by atoms with Gasteiger partial charge in [-0.05, 0) is 31.0 Å². The standard InChI is InChI=1S/C14H21N3O4S/c1-21-13-9-10(3-4-12(13)15)14(18)16-11-5-7-17(8-6-11)22(2,19)20/h3-4,9,11H,5-8,15H2,1-2H3,(H,16,18). The van der Waals surface area contributed by atoms with Crippen LogP contribution >= 0.6 is 0 Å². The van der Waals surface area contributed by atoms with Gasteiger partial charge in [-0.2, -0.15) is 0 Å². The monoisotopic (exact) mass is 327 g/mol. The predicted octanol–water partition coefficient (Wildman–Crippen LogP) is 0.431. The normalized spacial score (nSPS) is 17.2. The van der Waals surface area contributed by atoms with E-state index in [1.165, 1.54) is 17.7 Å². The minimum absolute atomic E-state index is 0.0333. The SMILES string of the molecule is COc1cc(C(=O)NC2CCN(S(C)(=O)=O)CC2)ccc1N. The molecule has 1 fully saturated rings. The zero-order valence-corrected chi connectivity index (χ0v) is 13.5. The largest absolute Gasteiger partial charge is 0.495 e. The number of hydrogen-bond donors (Lipinski definition) is 2. The molecule has 3 N–H and O–H groups in total. The zero-order chi connectivity index (χ0) is 16.3. The highest BCUT2D eigenvalue weighted by Gasteiger charge is 2.26. The summed E-state index contributed by atoms with van der Waals surface area (Å²) in [7, 11) is -1.66. The zero-order valence-electron chi connectivity index (χ0n) is 12.7. The van der Waals surface area contributed by atoms with Gasteiger partial charge in [0, 0.05) is 24.7 Å². The second-order valence-corrected chi connectivity index (χ2v) is 7.35. The van der Waals surface area contributed by atoms with E-state index in [1.54, 1.807) is 18.2 Å². The van der Waals surface area contributed by atoms with Gasteiger partial charge < -0.3 is 15.8 Å². The first-order valence-corrected chi connectivity index (χ1v) is 8.85. The fourth-order valence-electron chi connectivity index (χ4n) is 2.45. The van der Waals surface area contributed by atoms with Crippen molar-refractivity contribution in [1.82, 2.24) is 9.62 Å². The second kappa shape index (κ2) is 6.53. The van der Waals surface area contributed by atoms with Gasteiger partial charge in [-0.1, -0.05) is 0 Å². The van der Waals surface area contributed by atoms with E-state index in [2.05, 4.69) is 5.32 Å². The van der Waals surface area contributed by atoms with Gasteiger partial charge in [0.05, 0.1) is 19.1 Å². The molecule has 122 valence electrons. The molecule has 22 heavy (non-hydrogen) atoms. The molecule has 0 aliphatic carbocycles. The summed E-state index contributed by atoms with van der Waals surface area (Å²) in [5.74, 6) is 0.246. The molecule has 1 saturated heterocycles. The minimum atomic E-state index is -3.15. The Morgan fingerprint density at radius 3 is 2.55 bits per heavy atom. The summed E-state index contributed by atoms with van der Waals surface area (Å²) in [6.07, 6.45) is 2.41. The maximum absolute atomic E-state index is 12.2. The van der Waals surface area contributed by atoms with Crippen LogP contribution in [0.3, 0.4) is 0 Å². The number of nitrogens with two attached hydrogens (primary N) is 1. The van der Waals surface area contributed by atoms with Crippen molar-refractivity contribution in [3.8, 4) is 5.75 Å². The van der Waals surface area contributed by atoms with Crippen LogP contribution in [0.4, 0.5) is 5.69 Å². The first kappa shape index (κ1) is 16.6. The van der Waals surface area contributed by atoms with Crippen LogP contribution in [0.1, 0.15) is 23.2 Å². The Bertz CT molecular complexity index is 652. The van der Waals surface area contributed by atoms with Crippen molar-refractivity contribution in [1.29, 1.82) is 0 Å². The van der Waals surface area contributed by atoms with E-state index in [4.69, 9.17) is 10.5 Å². The summed E-state index contributed by atoms with van der Waals surface area (Å²) in [5.41, 5.74) is 6.66. The van der Waals surface area contributed by atoms with Gasteiger partial charge in [0.1, 0.15) is 5.75 Å². The van der Waals surface area contributed by atoms with Crippen molar-refractivity contribution < 1.29 is 17.9 Å². The van der Waals surface area contributed by atoms with E-state index in [-0.39, 0.29) is 11.9 Å². The Labute approximate surface area is 130 Å². The molecule has 8 heteroatoms. The van der Waals surface area contributed by atoms with Crippen molar-refractivity contribution in [2.45, 2.75) is 18.9 Å². The number of piperidine rings is 1. The number of methoxy groups -OCH3 is 1. The fraction of sp³-hybridized carbons (Fsp3) is 0.500. The smallest absolute Gasteiger partial charge is 0.251 e. The summed E-state index contributed by atoms with van der Waals surface area (Å²) < 4.78 is 29.4. The van der Waals surface area contributed by atoms with Crippen molar-refractivity contribution >= 4 is 21.6 Å². The van der Waals surface area contributed by atoms with E-state index in [0.29, 0.717) is 42.9 Å². The number of nitrogen functional groups attached to an aromatic ring is 1. The predicted molar refractivity (Wildman–Crippen MR) is 84.3 cm³/mol. The van der Waals surface area contributed by atoms with E-state index < -0.39 is 10.0 Å². The molecule has 0 saturated carbocycles. The van der Waals surface area contributed by atoms with E-state index in [9.17, 15) is 13.2 Å². The molecule has 0 atom stereocenters. The molecule has 1 heterocycles. The molecule has 7 nitrogen and oxygen atoms in total. The number of nitrogens with one attached hydrogen (secondary N) is 1. The summed E-state index contributed by atoms with van der Waals surface area (Å²) >= 11 is 0. The number of anilines is 1. The molecule has 1 aliphatic heterocycles. The van der Waals surface area contributed by atoms with Crippen LogP contribution in [-0.2, 0) is 10.0 Å².